The van der Waals surface area contributed by atoms with E-state index in [1.807, 2.05) is 0 Å². The van der Waals surface area contributed by atoms with Crippen molar-refractivity contribution in [2.24, 2.45) is 11.7 Å². The quantitative estimate of drug-likeness (QED) is 0.738. The molecule has 0 spiro atoms. The van der Waals surface area contributed by atoms with Crippen LogP contribution < -0.4 is 5.73 Å². The number of hydrogen-bond acceptors (Lipinski definition) is 3. The van der Waals surface area contributed by atoms with Gasteiger partial charge in [-0.1, -0.05) is 6.92 Å². The van der Waals surface area contributed by atoms with Gasteiger partial charge in [0.2, 0.25) is 0 Å². The first-order valence-corrected chi connectivity index (χ1v) is 5.65. The molecule has 1 saturated heterocycles. The molecule has 3 atom stereocenters. The molecule has 0 aromatic rings. The second-order valence-corrected chi connectivity index (χ2v) is 4.46. The van der Waals surface area contributed by atoms with Crippen molar-refractivity contribution in [1.82, 2.24) is 4.90 Å². The minimum Gasteiger partial charge on any atom is -0.383 e. The van der Waals surface area contributed by atoms with Gasteiger partial charge in [-0.3, -0.25) is 4.90 Å². The lowest BCUT2D eigenvalue weighted by Gasteiger charge is -2.42. The number of hydrogen-bond donors (Lipinski definition) is 1. The third-order valence-electron chi connectivity index (χ3n) is 3.37. The number of ether oxygens (including phenoxy) is 1. The SMILES string of the molecule is COCC(C)N1CCCC(C)C1CN. The highest BCUT2D eigenvalue weighted by Gasteiger charge is 2.30. The molecule has 0 aromatic heterocycles. The average molecular weight is 200 g/mol. The summed E-state index contributed by atoms with van der Waals surface area (Å²) in [5, 5.41) is 0. The maximum atomic E-state index is 5.84. The van der Waals surface area contributed by atoms with Gasteiger partial charge in [-0.2, -0.15) is 0 Å². The van der Waals surface area contributed by atoms with Gasteiger partial charge < -0.3 is 10.5 Å². The smallest absolute Gasteiger partial charge is 0.0615 e. The Labute approximate surface area is 87.6 Å². The van der Waals surface area contributed by atoms with E-state index in [-0.39, 0.29) is 0 Å². The van der Waals surface area contributed by atoms with E-state index in [2.05, 4.69) is 18.7 Å². The highest BCUT2D eigenvalue weighted by molar-refractivity contribution is 4.85. The highest BCUT2D eigenvalue weighted by Crippen LogP contribution is 2.24. The summed E-state index contributed by atoms with van der Waals surface area (Å²) in [6.45, 7) is 7.29. The zero-order valence-corrected chi connectivity index (χ0v) is 9.70. The van der Waals surface area contributed by atoms with Crippen molar-refractivity contribution in [3.05, 3.63) is 0 Å². The van der Waals surface area contributed by atoms with E-state index in [1.54, 1.807) is 7.11 Å². The molecule has 1 aliphatic heterocycles. The van der Waals surface area contributed by atoms with Gasteiger partial charge in [-0.15, -0.1) is 0 Å². The molecule has 84 valence electrons. The Kier molecular flexibility index (Phi) is 4.85. The van der Waals surface area contributed by atoms with Crippen LogP contribution in [0.1, 0.15) is 26.7 Å². The lowest BCUT2D eigenvalue weighted by Crippen LogP contribution is -2.53. The number of nitrogens with zero attached hydrogens (tertiary/aromatic N) is 1. The molecule has 1 fully saturated rings. The first-order valence-electron chi connectivity index (χ1n) is 5.65. The van der Waals surface area contributed by atoms with Gasteiger partial charge in [0.05, 0.1) is 6.61 Å². The molecule has 1 rings (SSSR count). The Balaban J connectivity index is 2.55. The van der Waals surface area contributed by atoms with Crippen molar-refractivity contribution < 1.29 is 4.74 Å². The van der Waals surface area contributed by atoms with Crippen molar-refractivity contribution >= 4 is 0 Å². The van der Waals surface area contributed by atoms with Gasteiger partial charge >= 0.3 is 0 Å². The predicted molar refractivity (Wildman–Crippen MR) is 59.3 cm³/mol. The van der Waals surface area contributed by atoms with Crippen molar-refractivity contribution in [3.8, 4) is 0 Å². The van der Waals surface area contributed by atoms with Crippen LogP contribution in [0.4, 0.5) is 0 Å². The Morgan fingerprint density at radius 3 is 2.86 bits per heavy atom. The normalized spacial score (nSPS) is 31.7. The summed E-state index contributed by atoms with van der Waals surface area (Å²) >= 11 is 0. The second kappa shape index (κ2) is 5.69. The van der Waals surface area contributed by atoms with Crippen LogP contribution in [0.25, 0.3) is 0 Å². The van der Waals surface area contributed by atoms with E-state index in [4.69, 9.17) is 10.5 Å². The first-order chi connectivity index (χ1) is 6.70. The molecule has 0 amide bonds. The number of rotatable bonds is 4. The molecule has 3 unspecified atom stereocenters. The summed E-state index contributed by atoms with van der Waals surface area (Å²) < 4.78 is 5.20. The van der Waals surface area contributed by atoms with Crippen molar-refractivity contribution in [2.75, 3.05) is 26.8 Å². The van der Waals surface area contributed by atoms with E-state index >= 15 is 0 Å². The van der Waals surface area contributed by atoms with E-state index in [9.17, 15) is 0 Å². The summed E-state index contributed by atoms with van der Waals surface area (Å²) in [6, 6.07) is 1.05. The van der Waals surface area contributed by atoms with E-state index in [0.717, 1.165) is 19.1 Å². The van der Waals surface area contributed by atoms with Crippen LogP contribution in [-0.2, 0) is 4.74 Å². The Morgan fingerprint density at radius 1 is 1.57 bits per heavy atom. The third kappa shape index (κ3) is 2.69. The van der Waals surface area contributed by atoms with Crippen LogP contribution in [0.3, 0.4) is 0 Å². The standard InChI is InChI=1S/C11H24N2O/c1-9-5-4-6-13(11(9)7-12)10(2)8-14-3/h9-11H,4-8,12H2,1-3H3. The average Bonchev–Trinajstić information content (AvgIpc) is 2.17. The summed E-state index contributed by atoms with van der Waals surface area (Å²) in [7, 11) is 1.77. The van der Waals surface area contributed by atoms with Crippen LogP contribution in [0.15, 0.2) is 0 Å². The predicted octanol–water partition coefficient (Wildman–Crippen LogP) is 1.08. The zero-order chi connectivity index (χ0) is 10.6. The molecule has 1 heterocycles. The Bertz CT molecular complexity index is 163. The fraction of sp³-hybridized carbons (Fsp3) is 1.00. The summed E-state index contributed by atoms with van der Waals surface area (Å²) in [5.74, 6) is 0.730. The maximum absolute atomic E-state index is 5.84. The van der Waals surface area contributed by atoms with Gasteiger partial charge in [0.1, 0.15) is 0 Å². The molecule has 1 aliphatic rings. The van der Waals surface area contributed by atoms with Crippen LogP contribution in [0.2, 0.25) is 0 Å². The minimum absolute atomic E-state index is 0.497. The van der Waals surface area contributed by atoms with Crippen molar-refractivity contribution in [1.29, 1.82) is 0 Å². The molecule has 3 nitrogen and oxygen atoms in total. The molecular formula is C11H24N2O. The largest absolute Gasteiger partial charge is 0.383 e. The van der Waals surface area contributed by atoms with Gasteiger partial charge in [0.25, 0.3) is 0 Å². The van der Waals surface area contributed by atoms with E-state index in [0.29, 0.717) is 12.1 Å². The lowest BCUT2D eigenvalue weighted by atomic mass is 9.90. The first kappa shape index (κ1) is 12.0. The fourth-order valence-electron chi connectivity index (χ4n) is 2.53. The molecule has 0 aliphatic carbocycles. The Hall–Kier alpha value is -0.120. The lowest BCUT2D eigenvalue weighted by molar-refractivity contribution is 0.0290. The topological polar surface area (TPSA) is 38.5 Å². The van der Waals surface area contributed by atoms with Gasteiger partial charge in [0, 0.05) is 25.7 Å². The minimum atomic E-state index is 0.497. The fourth-order valence-corrected chi connectivity index (χ4v) is 2.53. The second-order valence-electron chi connectivity index (χ2n) is 4.46. The molecule has 0 aromatic carbocycles. The van der Waals surface area contributed by atoms with Crippen LogP contribution in [-0.4, -0.2) is 43.8 Å². The highest BCUT2D eigenvalue weighted by atomic mass is 16.5. The number of piperidine rings is 1. The van der Waals surface area contributed by atoms with Gasteiger partial charge in [-0.25, -0.2) is 0 Å². The molecular weight excluding hydrogens is 176 g/mol. The van der Waals surface area contributed by atoms with Gasteiger partial charge in [0.15, 0.2) is 0 Å². The van der Waals surface area contributed by atoms with Crippen LogP contribution in [0.5, 0.6) is 0 Å². The molecule has 0 bridgehead atoms. The van der Waals surface area contributed by atoms with Gasteiger partial charge in [-0.05, 0) is 32.2 Å². The molecule has 0 radical (unpaired) electrons. The third-order valence-corrected chi connectivity index (χ3v) is 3.37. The summed E-state index contributed by atoms with van der Waals surface area (Å²) in [6.07, 6.45) is 2.61. The molecule has 3 heteroatoms. The number of nitrogens with two attached hydrogens (primary N) is 1. The molecule has 2 N–H and O–H groups in total. The zero-order valence-electron chi connectivity index (χ0n) is 9.70. The van der Waals surface area contributed by atoms with E-state index in [1.165, 1.54) is 19.4 Å². The summed E-state index contributed by atoms with van der Waals surface area (Å²) in [4.78, 5) is 2.51. The molecule has 14 heavy (non-hydrogen) atoms. The maximum Gasteiger partial charge on any atom is 0.0615 e. The monoisotopic (exact) mass is 200 g/mol. The number of likely N-dealkylation sites (tertiary alicyclic amines) is 1. The number of methoxy groups -OCH3 is 1. The van der Waals surface area contributed by atoms with Crippen molar-refractivity contribution in [2.45, 2.75) is 38.8 Å². The van der Waals surface area contributed by atoms with Crippen LogP contribution in [0, 0.1) is 5.92 Å². The summed E-state index contributed by atoms with van der Waals surface area (Å²) in [5.41, 5.74) is 5.84. The Morgan fingerprint density at radius 2 is 2.29 bits per heavy atom. The van der Waals surface area contributed by atoms with E-state index < -0.39 is 0 Å². The van der Waals surface area contributed by atoms with Crippen LogP contribution >= 0.6 is 0 Å². The van der Waals surface area contributed by atoms with Crippen molar-refractivity contribution in [3.63, 3.8) is 0 Å². The molecule has 0 saturated carbocycles.